The second-order valence-corrected chi connectivity index (χ2v) is 5.76. The number of pyridine rings is 1. The van der Waals surface area contributed by atoms with Gasteiger partial charge in [0, 0.05) is 38.3 Å². The summed E-state index contributed by atoms with van der Waals surface area (Å²) in [6, 6.07) is 0.888. The van der Waals surface area contributed by atoms with Gasteiger partial charge in [-0.05, 0) is 18.9 Å². The first-order valence-electron chi connectivity index (χ1n) is 7.29. The molecule has 2 rings (SSSR count). The van der Waals surface area contributed by atoms with Crippen LogP contribution < -0.4 is 11.1 Å². The number of carbonyl (C=O) groups is 1. The lowest BCUT2D eigenvalue weighted by atomic mass is 10.2. The Morgan fingerprint density at radius 2 is 2.26 bits per heavy atom. The van der Waals surface area contributed by atoms with Crippen molar-refractivity contribution in [1.82, 2.24) is 9.88 Å². The second kappa shape index (κ2) is 7.35. The molecule has 128 valence electrons. The van der Waals surface area contributed by atoms with Gasteiger partial charge in [-0.25, -0.2) is 4.98 Å². The monoisotopic (exact) mass is 350 g/mol. The highest BCUT2D eigenvalue weighted by Gasteiger charge is 2.31. The Labute approximate surface area is 137 Å². The van der Waals surface area contributed by atoms with E-state index in [1.807, 2.05) is 0 Å². The van der Waals surface area contributed by atoms with Crippen molar-refractivity contribution in [2.45, 2.75) is 31.5 Å². The Hall–Kier alpha value is -1.54. The van der Waals surface area contributed by atoms with Gasteiger partial charge in [-0.15, -0.1) is 0 Å². The summed E-state index contributed by atoms with van der Waals surface area (Å²) < 4.78 is 37.6. The molecule has 1 aromatic rings. The maximum Gasteiger partial charge on any atom is 0.417 e. The molecular weight excluding hydrogens is 333 g/mol. The highest BCUT2D eigenvalue weighted by Crippen LogP contribution is 2.32. The lowest BCUT2D eigenvalue weighted by molar-refractivity contribution is -0.137. The minimum absolute atomic E-state index is 0.0338. The topological polar surface area (TPSA) is 71.2 Å². The molecule has 0 saturated carbocycles. The molecule has 1 aromatic heterocycles. The van der Waals surface area contributed by atoms with Gasteiger partial charge in [0.25, 0.3) is 0 Å². The van der Waals surface area contributed by atoms with Crippen molar-refractivity contribution in [2.75, 3.05) is 25.0 Å². The molecule has 23 heavy (non-hydrogen) atoms. The minimum atomic E-state index is -4.49. The van der Waals surface area contributed by atoms with E-state index >= 15 is 0 Å². The molecule has 0 aromatic carbocycles. The first kappa shape index (κ1) is 17.8. The average molecular weight is 351 g/mol. The quantitative estimate of drug-likeness (QED) is 0.856. The van der Waals surface area contributed by atoms with Crippen molar-refractivity contribution in [2.24, 2.45) is 5.73 Å². The number of rotatable bonds is 5. The van der Waals surface area contributed by atoms with Crippen LogP contribution in [0.15, 0.2) is 12.3 Å². The zero-order valence-corrected chi connectivity index (χ0v) is 13.1. The van der Waals surface area contributed by atoms with Gasteiger partial charge in [-0.2, -0.15) is 13.2 Å². The molecule has 1 saturated heterocycles. The maximum absolute atomic E-state index is 12.5. The SMILES string of the molecule is NCC1CCCN1C(=O)CCNc1ncc(C(F)(F)F)cc1Cl. The van der Waals surface area contributed by atoms with Crippen LogP contribution in [0, 0.1) is 0 Å². The summed E-state index contributed by atoms with van der Waals surface area (Å²) >= 11 is 5.79. The third-order valence-electron chi connectivity index (χ3n) is 3.77. The summed E-state index contributed by atoms with van der Waals surface area (Å²) in [5.41, 5.74) is 4.71. The molecule has 1 fully saturated rings. The summed E-state index contributed by atoms with van der Waals surface area (Å²) in [6.45, 7) is 1.37. The van der Waals surface area contributed by atoms with Gasteiger partial charge >= 0.3 is 6.18 Å². The molecule has 0 aliphatic carbocycles. The Kier molecular flexibility index (Phi) is 5.69. The van der Waals surface area contributed by atoms with E-state index in [-0.39, 0.29) is 35.8 Å². The van der Waals surface area contributed by atoms with Crippen LogP contribution in [0.5, 0.6) is 0 Å². The highest BCUT2D eigenvalue weighted by molar-refractivity contribution is 6.32. The van der Waals surface area contributed by atoms with Crippen molar-refractivity contribution in [3.63, 3.8) is 0 Å². The van der Waals surface area contributed by atoms with E-state index < -0.39 is 11.7 Å². The number of nitrogens with two attached hydrogens (primary N) is 1. The third kappa shape index (κ3) is 4.48. The molecule has 1 atom stereocenters. The van der Waals surface area contributed by atoms with Crippen LogP contribution in [-0.4, -0.2) is 41.5 Å². The largest absolute Gasteiger partial charge is 0.417 e. The van der Waals surface area contributed by atoms with Crippen LogP contribution in [-0.2, 0) is 11.0 Å². The molecule has 1 amide bonds. The third-order valence-corrected chi connectivity index (χ3v) is 4.06. The number of anilines is 1. The first-order chi connectivity index (χ1) is 10.8. The number of likely N-dealkylation sites (tertiary alicyclic amines) is 1. The summed E-state index contributed by atoms with van der Waals surface area (Å²) in [5.74, 6) is 0.0951. The number of nitrogens with zero attached hydrogens (tertiary/aromatic N) is 2. The molecule has 9 heteroatoms. The van der Waals surface area contributed by atoms with Crippen molar-refractivity contribution < 1.29 is 18.0 Å². The Morgan fingerprint density at radius 1 is 1.52 bits per heavy atom. The van der Waals surface area contributed by atoms with Crippen LogP contribution >= 0.6 is 11.6 Å². The lowest BCUT2D eigenvalue weighted by Gasteiger charge is -2.23. The predicted octanol–water partition coefficient (Wildman–Crippen LogP) is 2.51. The fourth-order valence-corrected chi connectivity index (χ4v) is 2.80. The van der Waals surface area contributed by atoms with E-state index in [0.29, 0.717) is 19.3 Å². The highest BCUT2D eigenvalue weighted by atomic mass is 35.5. The number of aromatic nitrogens is 1. The van der Waals surface area contributed by atoms with Crippen molar-refractivity contribution in [1.29, 1.82) is 0 Å². The zero-order chi connectivity index (χ0) is 17.0. The number of hydrogen-bond donors (Lipinski definition) is 2. The Balaban J connectivity index is 1.88. The zero-order valence-electron chi connectivity index (χ0n) is 12.4. The van der Waals surface area contributed by atoms with Gasteiger partial charge < -0.3 is 16.0 Å². The summed E-state index contributed by atoms with van der Waals surface area (Å²) in [4.78, 5) is 17.5. The Morgan fingerprint density at radius 3 is 2.87 bits per heavy atom. The standard InChI is InChI=1S/C14H18ClF3N4O/c15-11-6-9(14(16,17)18)8-21-13(11)20-4-3-12(23)22-5-1-2-10(22)7-19/h6,8,10H,1-5,7,19H2,(H,20,21). The van der Waals surface area contributed by atoms with E-state index in [0.717, 1.165) is 18.9 Å². The van der Waals surface area contributed by atoms with Crippen molar-refractivity contribution in [3.8, 4) is 0 Å². The molecule has 2 heterocycles. The number of hydrogen-bond acceptors (Lipinski definition) is 4. The molecule has 0 radical (unpaired) electrons. The van der Waals surface area contributed by atoms with Gasteiger partial charge in [0.15, 0.2) is 0 Å². The number of halogens is 4. The summed E-state index contributed by atoms with van der Waals surface area (Å²) in [7, 11) is 0. The molecule has 3 N–H and O–H groups in total. The van der Waals surface area contributed by atoms with Crippen molar-refractivity contribution in [3.05, 3.63) is 22.8 Å². The summed E-state index contributed by atoms with van der Waals surface area (Å²) in [6.07, 6.45) is -1.73. The summed E-state index contributed by atoms with van der Waals surface area (Å²) in [5, 5.41) is 2.66. The first-order valence-corrected chi connectivity index (χ1v) is 7.67. The second-order valence-electron chi connectivity index (χ2n) is 5.35. The number of nitrogens with one attached hydrogen (secondary N) is 1. The fraction of sp³-hybridized carbons (Fsp3) is 0.571. The molecule has 0 bridgehead atoms. The van der Waals surface area contributed by atoms with Crippen LogP contribution in [0.1, 0.15) is 24.8 Å². The van der Waals surface area contributed by atoms with E-state index in [9.17, 15) is 18.0 Å². The maximum atomic E-state index is 12.5. The fourth-order valence-electron chi connectivity index (χ4n) is 2.56. The smallest absolute Gasteiger partial charge is 0.368 e. The van der Waals surface area contributed by atoms with E-state index in [2.05, 4.69) is 10.3 Å². The van der Waals surface area contributed by atoms with E-state index in [1.165, 1.54) is 0 Å². The van der Waals surface area contributed by atoms with Gasteiger partial charge in [0.05, 0.1) is 10.6 Å². The molecule has 5 nitrogen and oxygen atoms in total. The number of alkyl halides is 3. The molecule has 1 aliphatic rings. The Bertz CT molecular complexity index is 567. The van der Waals surface area contributed by atoms with E-state index in [4.69, 9.17) is 17.3 Å². The van der Waals surface area contributed by atoms with Gasteiger partial charge in [0.1, 0.15) is 5.82 Å². The lowest BCUT2D eigenvalue weighted by Crippen LogP contribution is -2.40. The van der Waals surface area contributed by atoms with Crippen LogP contribution in [0.25, 0.3) is 0 Å². The number of amides is 1. The predicted molar refractivity (Wildman–Crippen MR) is 81.1 cm³/mol. The van der Waals surface area contributed by atoms with Crippen LogP contribution in [0.2, 0.25) is 5.02 Å². The normalized spacial score (nSPS) is 18.3. The number of carbonyl (C=O) groups excluding carboxylic acids is 1. The van der Waals surface area contributed by atoms with Crippen LogP contribution in [0.3, 0.4) is 0 Å². The van der Waals surface area contributed by atoms with Crippen molar-refractivity contribution >= 4 is 23.3 Å². The van der Waals surface area contributed by atoms with Gasteiger partial charge in [-0.3, -0.25) is 4.79 Å². The van der Waals surface area contributed by atoms with E-state index in [1.54, 1.807) is 4.90 Å². The average Bonchev–Trinajstić information content (AvgIpc) is 2.96. The van der Waals surface area contributed by atoms with Crippen LogP contribution in [0.4, 0.5) is 19.0 Å². The van der Waals surface area contributed by atoms with Gasteiger partial charge in [0.2, 0.25) is 5.91 Å². The molecule has 1 aliphatic heterocycles. The molecule has 0 spiro atoms. The minimum Gasteiger partial charge on any atom is -0.368 e. The molecule has 1 unspecified atom stereocenters. The van der Waals surface area contributed by atoms with Gasteiger partial charge in [-0.1, -0.05) is 11.6 Å². The molecular formula is C14H18ClF3N4O.